The Morgan fingerprint density at radius 2 is 1.95 bits per heavy atom. The average molecular weight is 285 g/mol. The Balaban J connectivity index is 1.56. The molecule has 0 unspecified atom stereocenters. The summed E-state index contributed by atoms with van der Waals surface area (Å²) in [5.74, 6) is -0.367. The molecule has 0 atom stereocenters. The maximum absolute atomic E-state index is 12.8. The molecule has 0 spiro atoms. The van der Waals surface area contributed by atoms with Gasteiger partial charge in [-0.2, -0.15) is 0 Å². The van der Waals surface area contributed by atoms with Crippen molar-refractivity contribution in [1.82, 2.24) is 10.3 Å². The summed E-state index contributed by atoms with van der Waals surface area (Å²) >= 11 is 0. The molecule has 108 valence electrons. The second-order valence-corrected chi connectivity index (χ2v) is 5.16. The Bertz CT molecular complexity index is 621. The van der Waals surface area contributed by atoms with Crippen LogP contribution in [0.2, 0.25) is 0 Å². The third-order valence-electron chi connectivity index (χ3n) is 3.32. The van der Waals surface area contributed by atoms with Crippen LogP contribution in [0.4, 0.5) is 10.1 Å². The van der Waals surface area contributed by atoms with Gasteiger partial charge in [-0.25, -0.2) is 9.37 Å². The van der Waals surface area contributed by atoms with Gasteiger partial charge in [-0.05, 0) is 42.7 Å². The van der Waals surface area contributed by atoms with E-state index >= 15 is 0 Å². The van der Waals surface area contributed by atoms with Crippen molar-refractivity contribution in [2.75, 3.05) is 5.32 Å². The van der Waals surface area contributed by atoms with Gasteiger partial charge >= 0.3 is 0 Å². The monoisotopic (exact) mass is 285 g/mol. The van der Waals surface area contributed by atoms with Crippen molar-refractivity contribution in [1.29, 1.82) is 0 Å². The van der Waals surface area contributed by atoms with Crippen molar-refractivity contribution in [3.05, 3.63) is 59.7 Å². The number of nitrogens with zero attached hydrogens (tertiary/aromatic N) is 1. The highest BCUT2D eigenvalue weighted by atomic mass is 19.1. The van der Waals surface area contributed by atoms with Crippen molar-refractivity contribution in [3.8, 4) is 0 Å². The fourth-order valence-corrected chi connectivity index (χ4v) is 1.93. The summed E-state index contributed by atoms with van der Waals surface area (Å²) < 4.78 is 12.8. The number of hydrogen-bond donors (Lipinski definition) is 2. The number of amides is 1. The minimum Gasteiger partial charge on any atom is -0.380 e. The van der Waals surface area contributed by atoms with E-state index < -0.39 is 0 Å². The molecule has 2 N–H and O–H groups in total. The van der Waals surface area contributed by atoms with E-state index in [4.69, 9.17) is 0 Å². The van der Waals surface area contributed by atoms with Crippen molar-refractivity contribution in [2.45, 2.75) is 25.4 Å². The maximum atomic E-state index is 12.8. The first kappa shape index (κ1) is 13.5. The van der Waals surface area contributed by atoms with Gasteiger partial charge in [-0.3, -0.25) is 4.79 Å². The highest BCUT2D eigenvalue weighted by Gasteiger charge is 2.24. The van der Waals surface area contributed by atoms with Crippen molar-refractivity contribution in [2.24, 2.45) is 0 Å². The van der Waals surface area contributed by atoms with Gasteiger partial charge in [0.15, 0.2) is 0 Å². The summed E-state index contributed by atoms with van der Waals surface area (Å²) in [5.41, 5.74) is 2.23. The number of aromatic nitrogens is 1. The molecule has 1 saturated carbocycles. The van der Waals surface area contributed by atoms with Gasteiger partial charge in [0.05, 0.1) is 11.9 Å². The fourth-order valence-electron chi connectivity index (χ4n) is 1.93. The van der Waals surface area contributed by atoms with E-state index in [9.17, 15) is 9.18 Å². The molecule has 1 fully saturated rings. The van der Waals surface area contributed by atoms with Gasteiger partial charge in [0.25, 0.3) is 5.91 Å². The largest absolute Gasteiger partial charge is 0.380 e. The number of benzene rings is 1. The van der Waals surface area contributed by atoms with E-state index in [0.29, 0.717) is 18.3 Å². The normalized spacial score (nSPS) is 13.8. The van der Waals surface area contributed by atoms with Crippen LogP contribution in [-0.2, 0) is 6.54 Å². The second kappa shape index (κ2) is 5.91. The fraction of sp³-hybridized carbons (Fsp3) is 0.250. The molecule has 0 saturated heterocycles. The number of hydrogen-bond acceptors (Lipinski definition) is 3. The lowest BCUT2D eigenvalue weighted by Gasteiger charge is -2.07. The summed E-state index contributed by atoms with van der Waals surface area (Å²) in [5, 5.41) is 6.08. The van der Waals surface area contributed by atoms with Gasteiger partial charge in [-0.15, -0.1) is 0 Å². The number of rotatable bonds is 5. The Kier molecular flexibility index (Phi) is 3.81. The molecule has 0 radical (unpaired) electrons. The lowest BCUT2D eigenvalue weighted by Crippen LogP contribution is -2.26. The van der Waals surface area contributed by atoms with Crippen LogP contribution < -0.4 is 10.6 Å². The van der Waals surface area contributed by atoms with Crippen LogP contribution >= 0.6 is 0 Å². The van der Waals surface area contributed by atoms with Gasteiger partial charge in [0, 0.05) is 12.6 Å². The van der Waals surface area contributed by atoms with E-state index in [2.05, 4.69) is 15.6 Å². The first-order valence-electron chi connectivity index (χ1n) is 6.96. The van der Waals surface area contributed by atoms with Crippen LogP contribution in [-0.4, -0.2) is 16.9 Å². The zero-order valence-electron chi connectivity index (χ0n) is 11.5. The van der Waals surface area contributed by atoms with Crippen molar-refractivity contribution >= 4 is 11.6 Å². The van der Waals surface area contributed by atoms with E-state index in [0.717, 1.165) is 24.1 Å². The third-order valence-corrected chi connectivity index (χ3v) is 3.32. The van der Waals surface area contributed by atoms with E-state index in [-0.39, 0.29) is 11.7 Å². The third kappa shape index (κ3) is 3.78. The van der Waals surface area contributed by atoms with Gasteiger partial charge in [0.1, 0.15) is 11.5 Å². The van der Waals surface area contributed by atoms with Gasteiger partial charge in [-0.1, -0.05) is 12.1 Å². The molecule has 1 aliphatic rings. The lowest BCUT2D eigenvalue weighted by molar-refractivity contribution is 0.0946. The van der Waals surface area contributed by atoms with Gasteiger partial charge < -0.3 is 10.6 Å². The molecule has 5 heteroatoms. The predicted octanol–water partition coefficient (Wildman–Crippen LogP) is 2.73. The number of halogens is 1. The molecule has 0 bridgehead atoms. The highest BCUT2D eigenvalue weighted by molar-refractivity contribution is 5.92. The molecule has 1 amide bonds. The Morgan fingerprint density at radius 3 is 2.57 bits per heavy atom. The Labute approximate surface area is 122 Å². The summed E-state index contributed by atoms with van der Waals surface area (Å²) in [6, 6.07) is 10.2. The zero-order chi connectivity index (χ0) is 14.7. The minimum atomic E-state index is -0.244. The highest BCUT2D eigenvalue weighted by Crippen LogP contribution is 2.19. The standard InChI is InChI=1S/C16H16FN3O/c17-12-3-1-11(2-4-12)9-18-14-7-8-15(19-10-14)16(21)20-13-5-6-13/h1-4,7-8,10,13,18H,5-6,9H2,(H,20,21). The van der Waals surface area contributed by atoms with Crippen LogP contribution in [0.25, 0.3) is 0 Å². The summed E-state index contributed by atoms with van der Waals surface area (Å²) in [6.07, 6.45) is 3.75. The molecular weight excluding hydrogens is 269 g/mol. The predicted molar refractivity (Wildman–Crippen MR) is 78.5 cm³/mol. The van der Waals surface area contributed by atoms with E-state index in [1.807, 2.05) is 6.07 Å². The van der Waals surface area contributed by atoms with Crippen LogP contribution in [0, 0.1) is 5.82 Å². The minimum absolute atomic E-state index is 0.123. The molecular formula is C16H16FN3O. The number of carbonyl (C=O) groups is 1. The lowest BCUT2D eigenvalue weighted by atomic mass is 10.2. The number of anilines is 1. The molecule has 0 aliphatic heterocycles. The molecule has 21 heavy (non-hydrogen) atoms. The van der Waals surface area contributed by atoms with Crippen LogP contribution in [0.15, 0.2) is 42.6 Å². The number of pyridine rings is 1. The summed E-state index contributed by atoms with van der Waals surface area (Å²) in [7, 11) is 0. The topological polar surface area (TPSA) is 54.0 Å². The molecule has 3 rings (SSSR count). The van der Waals surface area contributed by atoms with Crippen LogP contribution in [0.5, 0.6) is 0 Å². The summed E-state index contributed by atoms with van der Waals surface area (Å²) in [6.45, 7) is 0.579. The molecule has 1 heterocycles. The first-order chi connectivity index (χ1) is 10.2. The van der Waals surface area contributed by atoms with E-state index in [1.165, 1.54) is 12.1 Å². The molecule has 1 aromatic heterocycles. The SMILES string of the molecule is O=C(NC1CC1)c1ccc(NCc2ccc(F)cc2)cn1. The van der Waals surface area contributed by atoms with Gasteiger partial charge in [0.2, 0.25) is 0 Å². The molecule has 2 aromatic rings. The average Bonchev–Trinajstić information content (AvgIpc) is 3.31. The summed E-state index contributed by atoms with van der Waals surface area (Å²) in [4.78, 5) is 15.9. The number of carbonyl (C=O) groups excluding carboxylic acids is 1. The van der Waals surface area contributed by atoms with Crippen LogP contribution in [0.1, 0.15) is 28.9 Å². The van der Waals surface area contributed by atoms with Crippen molar-refractivity contribution in [3.63, 3.8) is 0 Å². The smallest absolute Gasteiger partial charge is 0.270 e. The molecule has 4 nitrogen and oxygen atoms in total. The molecule has 1 aromatic carbocycles. The van der Waals surface area contributed by atoms with Crippen LogP contribution in [0.3, 0.4) is 0 Å². The zero-order valence-corrected chi connectivity index (χ0v) is 11.5. The first-order valence-corrected chi connectivity index (χ1v) is 6.96. The van der Waals surface area contributed by atoms with E-state index in [1.54, 1.807) is 24.4 Å². The maximum Gasteiger partial charge on any atom is 0.270 e. The Hall–Kier alpha value is -2.43. The van der Waals surface area contributed by atoms with Crippen molar-refractivity contribution < 1.29 is 9.18 Å². The number of nitrogens with one attached hydrogen (secondary N) is 2. The quantitative estimate of drug-likeness (QED) is 0.888. The Morgan fingerprint density at radius 1 is 1.19 bits per heavy atom. The second-order valence-electron chi connectivity index (χ2n) is 5.16. The molecule has 1 aliphatic carbocycles.